The third-order valence-electron chi connectivity index (χ3n) is 5.35. The van der Waals surface area contributed by atoms with E-state index in [0.29, 0.717) is 11.5 Å². The summed E-state index contributed by atoms with van der Waals surface area (Å²) in [6.07, 6.45) is 9.39. The van der Waals surface area contributed by atoms with Crippen molar-refractivity contribution in [3.05, 3.63) is 0 Å². The number of nitrogens with zero attached hydrogens (tertiary/aromatic N) is 1. The van der Waals surface area contributed by atoms with Crippen molar-refractivity contribution in [2.75, 3.05) is 32.8 Å². The highest BCUT2D eigenvalue weighted by Crippen LogP contribution is 2.34. The predicted octanol–water partition coefficient (Wildman–Crippen LogP) is 3.44. The molecule has 0 saturated carbocycles. The summed E-state index contributed by atoms with van der Waals surface area (Å²) < 4.78 is 5.65. The Morgan fingerprint density at radius 3 is 2.67 bits per heavy atom. The second kappa shape index (κ2) is 8.50. The summed E-state index contributed by atoms with van der Waals surface area (Å²) in [6, 6.07) is 1.42. The number of hydrogen-bond acceptors (Lipinski definition) is 3. The van der Waals surface area contributed by atoms with Gasteiger partial charge in [-0.25, -0.2) is 0 Å². The molecule has 0 bridgehead atoms. The Morgan fingerprint density at radius 2 is 2.00 bits per heavy atom. The van der Waals surface area contributed by atoms with Crippen LogP contribution in [0.3, 0.4) is 0 Å². The summed E-state index contributed by atoms with van der Waals surface area (Å²) in [7, 11) is 0. The zero-order chi connectivity index (χ0) is 15.1. The van der Waals surface area contributed by atoms with E-state index >= 15 is 0 Å². The zero-order valence-corrected chi connectivity index (χ0v) is 14.5. The van der Waals surface area contributed by atoms with Crippen LogP contribution in [0.5, 0.6) is 0 Å². The predicted molar refractivity (Wildman–Crippen MR) is 89.7 cm³/mol. The van der Waals surface area contributed by atoms with E-state index in [1.165, 1.54) is 58.0 Å². The van der Waals surface area contributed by atoms with Crippen molar-refractivity contribution in [3.8, 4) is 0 Å². The minimum Gasteiger partial charge on any atom is -0.381 e. The van der Waals surface area contributed by atoms with Crippen molar-refractivity contribution in [3.63, 3.8) is 0 Å². The van der Waals surface area contributed by atoms with E-state index in [0.717, 1.165) is 25.8 Å². The van der Waals surface area contributed by atoms with E-state index in [4.69, 9.17) is 4.74 Å². The van der Waals surface area contributed by atoms with Gasteiger partial charge in [0.25, 0.3) is 0 Å². The molecule has 0 aliphatic carbocycles. The fourth-order valence-electron chi connectivity index (χ4n) is 3.97. The minimum atomic E-state index is 0.436. The lowest BCUT2D eigenvalue weighted by Gasteiger charge is -2.45. The van der Waals surface area contributed by atoms with Gasteiger partial charge >= 0.3 is 0 Å². The van der Waals surface area contributed by atoms with E-state index in [9.17, 15) is 0 Å². The van der Waals surface area contributed by atoms with Crippen LogP contribution in [0.4, 0.5) is 0 Å². The number of likely N-dealkylation sites (tertiary alicyclic amines) is 1. The highest BCUT2D eigenvalue weighted by atomic mass is 16.5. The van der Waals surface area contributed by atoms with E-state index in [1.807, 2.05) is 0 Å². The van der Waals surface area contributed by atoms with Crippen LogP contribution in [-0.2, 0) is 4.74 Å². The Hall–Kier alpha value is -0.120. The molecule has 0 aromatic heterocycles. The van der Waals surface area contributed by atoms with Crippen molar-refractivity contribution in [1.82, 2.24) is 10.2 Å². The van der Waals surface area contributed by atoms with Crippen LogP contribution in [0.25, 0.3) is 0 Å². The third kappa shape index (κ3) is 5.22. The average Bonchev–Trinajstić information content (AvgIpc) is 2.49. The molecule has 0 aromatic carbocycles. The molecule has 2 aliphatic rings. The first-order chi connectivity index (χ1) is 10.2. The fourth-order valence-corrected chi connectivity index (χ4v) is 3.97. The van der Waals surface area contributed by atoms with E-state index < -0.39 is 0 Å². The molecule has 21 heavy (non-hydrogen) atoms. The topological polar surface area (TPSA) is 24.5 Å². The number of ether oxygens (including phenoxy) is 1. The van der Waals surface area contributed by atoms with Gasteiger partial charge in [0.15, 0.2) is 0 Å². The largest absolute Gasteiger partial charge is 0.381 e. The van der Waals surface area contributed by atoms with Crippen LogP contribution in [0, 0.1) is 5.41 Å². The van der Waals surface area contributed by atoms with Gasteiger partial charge in [-0.15, -0.1) is 0 Å². The molecule has 2 aliphatic heterocycles. The molecule has 0 amide bonds. The number of hydrogen-bond donors (Lipinski definition) is 1. The van der Waals surface area contributed by atoms with Gasteiger partial charge in [0.2, 0.25) is 0 Å². The van der Waals surface area contributed by atoms with Crippen molar-refractivity contribution in [2.24, 2.45) is 5.41 Å². The van der Waals surface area contributed by atoms with Crippen molar-refractivity contribution in [2.45, 2.75) is 77.8 Å². The molecule has 2 rings (SSSR count). The molecule has 3 nitrogen and oxygen atoms in total. The van der Waals surface area contributed by atoms with E-state index in [1.54, 1.807) is 0 Å². The van der Waals surface area contributed by atoms with Gasteiger partial charge in [-0.3, -0.25) is 4.90 Å². The maximum absolute atomic E-state index is 5.65. The minimum absolute atomic E-state index is 0.436. The normalized spacial score (nSPS) is 27.1. The zero-order valence-electron chi connectivity index (χ0n) is 14.5. The molecular weight excluding hydrogens is 260 g/mol. The molecule has 124 valence electrons. The number of rotatable bonds is 7. The highest BCUT2D eigenvalue weighted by molar-refractivity contribution is 4.90. The van der Waals surface area contributed by atoms with Gasteiger partial charge in [-0.2, -0.15) is 0 Å². The summed E-state index contributed by atoms with van der Waals surface area (Å²) in [5.41, 5.74) is 0.436. The number of nitrogens with one attached hydrogen (secondary N) is 1. The van der Waals surface area contributed by atoms with Crippen molar-refractivity contribution >= 4 is 0 Å². The quantitative estimate of drug-likeness (QED) is 0.779. The SMILES string of the molecule is CCCC1CCCCN1CC1(CNC(C)C)CCOCC1. The number of piperidine rings is 1. The smallest absolute Gasteiger partial charge is 0.0472 e. The first-order valence-electron chi connectivity index (χ1n) is 9.20. The summed E-state index contributed by atoms with van der Waals surface area (Å²) in [5, 5.41) is 3.71. The molecule has 0 radical (unpaired) electrons. The molecule has 1 atom stereocenters. The first-order valence-corrected chi connectivity index (χ1v) is 9.20. The van der Waals surface area contributed by atoms with Crippen molar-refractivity contribution in [1.29, 1.82) is 0 Å². The maximum Gasteiger partial charge on any atom is 0.0472 e. The lowest BCUT2D eigenvalue weighted by atomic mass is 9.78. The van der Waals surface area contributed by atoms with Gasteiger partial charge in [0.05, 0.1) is 0 Å². The van der Waals surface area contributed by atoms with Crippen LogP contribution in [0.1, 0.15) is 65.7 Å². The Kier molecular flexibility index (Phi) is 6.97. The highest BCUT2D eigenvalue weighted by Gasteiger charge is 2.36. The maximum atomic E-state index is 5.65. The van der Waals surface area contributed by atoms with E-state index in [2.05, 4.69) is 31.0 Å². The van der Waals surface area contributed by atoms with Crippen LogP contribution in [-0.4, -0.2) is 49.8 Å². The van der Waals surface area contributed by atoms with Crippen LogP contribution in [0.2, 0.25) is 0 Å². The van der Waals surface area contributed by atoms with Crippen LogP contribution >= 0.6 is 0 Å². The lowest BCUT2D eigenvalue weighted by Crippen LogP contribution is -2.52. The van der Waals surface area contributed by atoms with Crippen LogP contribution in [0.15, 0.2) is 0 Å². The van der Waals surface area contributed by atoms with Gasteiger partial charge in [-0.05, 0) is 44.1 Å². The molecule has 1 N–H and O–H groups in total. The molecule has 2 fully saturated rings. The molecule has 1 unspecified atom stereocenters. The summed E-state index contributed by atoms with van der Waals surface area (Å²) >= 11 is 0. The van der Waals surface area contributed by atoms with Crippen molar-refractivity contribution < 1.29 is 4.74 Å². The summed E-state index contributed by atoms with van der Waals surface area (Å²) in [5.74, 6) is 0. The molecule has 2 saturated heterocycles. The average molecular weight is 296 g/mol. The monoisotopic (exact) mass is 296 g/mol. The van der Waals surface area contributed by atoms with E-state index in [-0.39, 0.29) is 0 Å². The summed E-state index contributed by atoms with van der Waals surface area (Å²) in [4.78, 5) is 2.82. The molecule has 0 spiro atoms. The first kappa shape index (κ1) is 17.2. The molecular formula is C18H36N2O. The second-order valence-electron chi connectivity index (χ2n) is 7.56. The van der Waals surface area contributed by atoms with Gasteiger partial charge in [-0.1, -0.05) is 33.6 Å². The molecule has 3 heteroatoms. The second-order valence-corrected chi connectivity index (χ2v) is 7.56. The fraction of sp³-hybridized carbons (Fsp3) is 1.00. The Morgan fingerprint density at radius 1 is 1.24 bits per heavy atom. The molecule has 0 aromatic rings. The standard InChI is InChI=1S/C18H36N2O/c1-4-7-17-8-5-6-11-20(17)15-18(14-19-16(2)3)9-12-21-13-10-18/h16-17,19H,4-15H2,1-3H3. The third-order valence-corrected chi connectivity index (χ3v) is 5.35. The Bertz CT molecular complexity index is 285. The lowest BCUT2D eigenvalue weighted by molar-refractivity contribution is -0.0191. The Balaban J connectivity index is 1.98. The molecule has 2 heterocycles. The van der Waals surface area contributed by atoms with Gasteiger partial charge in [0.1, 0.15) is 0 Å². The Labute approximate surface area is 131 Å². The van der Waals surface area contributed by atoms with Crippen LogP contribution < -0.4 is 5.32 Å². The van der Waals surface area contributed by atoms with Gasteiger partial charge in [0, 0.05) is 38.4 Å². The van der Waals surface area contributed by atoms with Gasteiger partial charge < -0.3 is 10.1 Å². The summed E-state index contributed by atoms with van der Waals surface area (Å²) in [6.45, 7) is 12.5.